The Morgan fingerprint density at radius 1 is 1.19 bits per heavy atom. The van der Waals surface area contributed by atoms with E-state index < -0.39 is 0 Å². The van der Waals surface area contributed by atoms with Gasteiger partial charge in [0.25, 0.3) is 0 Å². The summed E-state index contributed by atoms with van der Waals surface area (Å²) in [6, 6.07) is 8.99. The van der Waals surface area contributed by atoms with E-state index in [2.05, 4.69) is 40.7 Å². The smallest absolute Gasteiger partial charge is 0.0879 e. The fourth-order valence-corrected chi connectivity index (χ4v) is 4.30. The van der Waals surface area contributed by atoms with Crippen molar-refractivity contribution in [3.05, 3.63) is 41.6 Å². The van der Waals surface area contributed by atoms with E-state index in [4.69, 9.17) is 0 Å². The normalized spacial score (nSPS) is 26.0. The Kier molecular flexibility index (Phi) is 3.38. The molecule has 1 fully saturated rings. The zero-order valence-corrected chi connectivity index (χ0v) is 12.5. The van der Waals surface area contributed by atoms with E-state index in [0.717, 1.165) is 13.1 Å². The lowest BCUT2D eigenvalue weighted by Gasteiger charge is -2.31. The van der Waals surface area contributed by atoms with Crippen LogP contribution in [0, 0.1) is 5.92 Å². The van der Waals surface area contributed by atoms with Crippen molar-refractivity contribution in [2.24, 2.45) is 5.92 Å². The van der Waals surface area contributed by atoms with E-state index in [1.165, 1.54) is 48.9 Å². The van der Waals surface area contributed by atoms with Crippen molar-refractivity contribution in [3.8, 4) is 0 Å². The second-order valence-electron chi connectivity index (χ2n) is 6.67. The predicted octanol–water partition coefficient (Wildman–Crippen LogP) is 3.23. The Bertz CT molecular complexity index is 548. The van der Waals surface area contributed by atoms with Crippen molar-refractivity contribution in [2.75, 3.05) is 6.67 Å². The Labute approximate surface area is 126 Å². The average Bonchev–Trinajstić information content (AvgIpc) is 3.11. The molecule has 1 aromatic rings. The molecule has 1 unspecified atom stereocenters. The topological polar surface area (TPSA) is 35.5 Å². The predicted molar refractivity (Wildman–Crippen MR) is 84.2 cm³/mol. The third-order valence-corrected chi connectivity index (χ3v) is 5.44. The number of aliphatic hydroxyl groups excluding tert-OH is 1. The molecule has 1 aromatic carbocycles. The van der Waals surface area contributed by atoms with Gasteiger partial charge in [-0.25, -0.2) is 0 Å². The summed E-state index contributed by atoms with van der Waals surface area (Å²) in [5.74, 6) is 0.509. The minimum absolute atomic E-state index is 0.164. The highest BCUT2D eigenvalue weighted by Gasteiger charge is 2.37. The van der Waals surface area contributed by atoms with Crippen LogP contribution in [-0.2, 0) is 0 Å². The maximum atomic E-state index is 10.7. The molecule has 1 saturated carbocycles. The third-order valence-electron chi connectivity index (χ3n) is 5.44. The molecule has 2 N–H and O–H groups in total. The van der Waals surface area contributed by atoms with Gasteiger partial charge in [0.15, 0.2) is 0 Å². The average molecular weight is 284 g/mol. The van der Waals surface area contributed by atoms with Crippen LogP contribution < -0.4 is 5.32 Å². The van der Waals surface area contributed by atoms with Gasteiger partial charge in [0.05, 0.1) is 24.5 Å². The number of hydrogen-bond acceptors (Lipinski definition) is 3. The number of fused-ring (bicyclic) bond motifs is 3. The van der Waals surface area contributed by atoms with Gasteiger partial charge in [-0.05, 0) is 30.7 Å². The quantitative estimate of drug-likeness (QED) is 0.894. The van der Waals surface area contributed by atoms with Crippen molar-refractivity contribution in [1.82, 2.24) is 10.2 Å². The highest BCUT2D eigenvalue weighted by atomic mass is 16.3. The van der Waals surface area contributed by atoms with Crippen LogP contribution in [0.3, 0.4) is 0 Å². The molecule has 0 saturated heterocycles. The molecule has 2 aliphatic heterocycles. The van der Waals surface area contributed by atoms with E-state index in [1.807, 2.05) is 0 Å². The number of rotatable bonds is 3. The van der Waals surface area contributed by atoms with E-state index in [-0.39, 0.29) is 6.10 Å². The second-order valence-corrected chi connectivity index (χ2v) is 6.67. The van der Waals surface area contributed by atoms with Gasteiger partial charge in [0, 0.05) is 11.8 Å². The molecule has 2 heterocycles. The van der Waals surface area contributed by atoms with E-state index in [9.17, 15) is 5.11 Å². The van der Waals surface area contributed by atoms with Crippen LogP contribution in [0.1, 0.15) is 55.7 Å². The Morgan fingerprint density at radius 2 is 2.00 bits per heavy atom. The third kappa shape index (κ3) is 2.24. The molecule has 0 spiro atoms. The summed E-state index contributed by atoms with van der Waals surface area (Å²) in [7, 11) is 0. The molecule has 2 atom stereocenters. The van der Waals surface area contributed by atoms with Crippen LogP contribution in [0.2, 0.25) is 0 Å². The van der Waals surface area contributed by atoms with Crippen molar-refractivity contribution in [1.29, 1.82) is 0 Å². The molecule has 0 bridgehead atoms. The number of benzene rings is 1. The number of nitrogens with zero attached hydrogens (tertiary/aromatic N) is 1. The fourth-order valence-electron chi connectivity index (χ4n) is 4.30. The Balaban J connectivity index is 1.56. The second kappa shape index (κ2) is 5.38. The van der Waals surface area contributed by atoms with Crippen LogP contribution in [-0.4, -0.2) is 22.8 Å². The Hall–Kier alpha value is -1.48. The van der Waals surface area contributed by atoms with Gasteiger partial charge in [-0.2, -0.15) is 0 Å². The van der Waals surface area contributed by atoms with Gasteiger partial charge >= 0.3 is 0 Å². The van der Waals surface area contributed by atoms with E-state index in [0.29, 0.717) is 12.0 Å². The Morgan fingerprint density at radius 3 is 2.86 bits per heavy atom. The van der Waals surface area contributed by atoms with Crippen LogP contribution >= 0.6 is 0 Å². The van der Waals surface area contributed by atoms with Crippen LogP contribution in [0.5, 0.6) is 0 Å². The van der Waals surface area contributed by atoms with Gasteiger partial charge < -0.3 is 15.3 Å². The number of aliphatic hydroxyl groups is 1. The summed E-state index contributed by atoms with van der Waals surface area (Å²) in [4.78, 5) is 2.41. The summed E-state index contributed by atoms with van der Waals surface area (Å²) in [5, 5.41) is 14.0. The molecule has 3 aliphatic rings. The zero-order valence-electron chi connectivity index (χ0n) is 12.5. The van der Waals surface area contributed by atoms with Gasteiger partial charge in [-0.15, -0.1) is 0 Å². The molecule has 112 valence electrons. The first-order chi connectivity index (χ1) is 10.3. The minimum atomic E-state index is -0.164. The molecule has 3 heteroatoms. The highest BCUT2D eigenvalue weighted by Crippen LogP contribution is 2.45. The molecule has 3 nitrogen and oxygen atoms in total. The lowest BCUT2D eigenvalue weighted by Crippen LogP contribution is -2.30. The van der Waals surface area contributed by atoms with Crippen molar-refractivity contribution in [3.63, 3.8) is 0 Å². The summed E-state index contributed by atoms with van der Waals surface area (Å²) in [6.45, 7) is 0.867. The first-order valence-electron chi connectivity index (χ1n) is 8.32. The molecular formula is C18H24N2O. The maximum absolute atomic E-state index is 10.7. The van der Waals surface area contributed by atoms with Gasteiger partial charge in [0.1, 0.15) is 0 Å². The molecule has 0 amide bonds. The molecule has 0 radical (unpaired) electrons. The zero-order chi connectivity index (χ0) is 14.2. The van der Waals surface area contributed by atoms with E-state index in [1.54, 1.807) is 0 Å². The highest BCUT2D eigenvalue weighted by molar-refractivity contribution is 5.73. The van der Waals surface area contributed by atoms with Gasteiger partial charge in [-0.3, -0.25) is 0 Å². The number of hydrogen-bond donors (Lipinski definition) is 2. The molecule has 1 aliphatic carbocycles. The molecule has 0 aromatic heterocycles. The van der Waals surface area contributed by atoms with Crippen molar-refractivity contribution >= 4 is 5.70 Å². The largest absolute Gasteiger partial charge is 0.393 e. The summed E-state index contributed by atoms with van der Waals surface area (Å²) < 4.78 is 0. The number of nitrogens with one attached hydrogen (secondary N) is 1. The molecule has 4 rings (SSSR count). The minimum Gasteiger partial charge on any atom is -0.393 e. The molecular weight excluding hydrogens is 260 g/mol. The van der Waals surface area contributed by atoms with Gasteiger partial charge in [-0.1, -0.05) is 43.5 Å². The lowest BCUT2D eigenvalue weighted by molar-refractivity contribution is 0.0571. The standard InChI is InChI=1S/C18H24N2O/c21-18(13-6-2-1-3-7-13)10-16-14-8-4-5-9-15(14)17-11-19-12-20(16)17/h4-5,8-9,11,13,16,18-19,21H,1-3,6-7,10,12H2/t16?,18-/m0/s1. The maximum Gasteiger partial charge on any atom is 0.0879 e. The van der Waals surface area contributed by atoms with Crippen molar-refractivity contribution < 1.29 is 5.11 Å². The summed E-state index contributed by atoms with van der Waals surface area (Å²) >= 11 is 0. The summed E-state index contributed by atoms with van der Waals surface area (Å²) in [6.07, 6.45) is 9.15. The SMILES string of the molecule is O[C@@H](CC1c2ccccc2C2=CNCN21)C1CCCCC1. The summed E-state index contributed by atoms with van der Waals surface area (Å²) in [5.41, 5.74) is 4.02. The fraction of sp³-hybridized carbons (Fsp3) is 0.556. The molecule has 21 heavy (non-hydrogen) atoms. The lowest BCUT2D eigenvalue weighted by atomic mass is 9.82. The first kappa shape index (κ1) is 13.2. The van der Waals surface area contributed by atoms with Crippen LogP contribution in [0.4, 0.5) is 0 Å². The van der Waals surface area contributed by atoms with Crippen molar-refractivity contribution in [2.45, 2.75) is 50.7 Å². The van der Waals surface area contributed by atoms with E-state index >= 15 is 0 Å². The van der Waals surface area contributed by atoms with Gasteiger partial charge in [0.2, 0.25) is 0 Å². The first-order valence-corrected chi connectivity index (χ1v) is 8.32. The van der Waals surface area contributed by atoms with Crippen LogP contribution in [0.25, 0.3) is 5.70 Å². The van der Waals surface area contributed by atoms with Crippen LogP contribution in [0.15, 0.2) is 30.5 Å². The monoisotopic (exact) mass is 284 g/mol.